The van der Waals surface area contributed by atoms with Crippen molar-refractivity contribution in [3.63, 3.8) is 0 Å². The van der Waals surface area contributed by atoms with Crippen LogP contribution in [0.2, 0.25) is 0 Å². The van der Waals surface area contributed by atoms with Crippen molar-refractivity contribution in [2.45, 2.75) is 6.42 Å². The van der Waals surface area contributed by atoms with Gasteiger partial charge in [0.2, 0.25) is 5.91 Å². The van der Waals surface area contributed by atoms with Gasteiger partial charge in [0.05, 0.1) is 11.6 Å². The molecule has 1 saturated heterocycles. The second kappa shape index (κ2) is 6.17. The molecule has 1 N–H and O–H groups in total. The molecule has 1 aromatic carbocycles. The lowest BCUT2D eigenvalue weighted by Crippen LogP contribution is -2.27. The molecule has 1 aliphatic heterocycles. The Bertz CT molecular complexity index is 514. The van der Waals surface area contributed by atoms with Gasteiger partial charge in [-0.2, -0.15) is 5.26 Å². The topological polar surface area (TPSA) is 64.3 Å². The van der Waals surface area contributed by atoms with Gasteiger partial charge >= 0.3 is 0 Å². The molecular formula is C15H16N2O2. The van der Waals surface area contributed by atoms with Crippen molar-refractivity contribution in [2.24, 2.45) is 5.92 Å². The van der Waals surface area contributed by atoms with Crippen LogP contribution in [0, 0.1) is 17.2 Å². The Balaban J connectivity index is 1.94. The van der Waals surface area contributed by atoms with Crippen LogP contribution in [-0.4, -0.2) is 35.6 Å². The number of aliphatic hydroxyl groups is 1. The van der Waals surface area contributed by atoms with Gasteiger partial charge in [0.1, 0.15) is 0 Å². The molecule has 0 saturated carbocycles. The summed E-state index contributed by atoms with van der Waals surface area (Å²) in [6, 6.07) is 9.12. The number of hydrogen-bond donors (Lipinski definition) is 1. The zero-order chi connectivity index (χ0) is 13.7. The Hall–Kier alpha value is -2.12. The highest BCUT2D eigenvalue weighted by Gasteiger charge is 2.23. The summed E-state index contributed by atoms with van der Waals surface area (Å²) < 4.78 is 0. The molecule has 0 spiro atoms. The van der Waals surface area contributed by atoms with Crippen LogP contribution >= 0.6 is 0 Å². The number of hydrogen-bond acceptors (Lipinski definition) is 3. The Morgan fingerprint density at radius 3 is 2.79 bits per heavy atom. The average Bonchev–Trinajstić information content (AvgIpc) is 2.94. The Labute approximate surface area is 112 Å². The number of benzene rings is 1. The molecule has 4 nitrogen and oxygen atoms in total. The van der Waals surface area contributed by atoms with E-state index in [0.717, 1.165) is 12.0 Å². The minimum atomic E-state index is -0.0275. The number of likely N-dealkylation sites (tertiary alicyclic amines) is 1. The van der Waals surface area contributed by atoms with Crippen LogP contribution in [0.25, 0.3) is 6.08 Å². The maximum absolute atomic E-state index is 11.9. The zero-order valence-electron chi connectivity index (χ0n) is 10.6. The number of aliphatic hydroxyl groups excluding tert-OH is 1. The van der Waals surface area contributed by atoms with Gasteiger partial charge < -0.3 is 10.0 Å². The van der Waals surface area contributed by atoms with E-state index in [4.69, 9.17) is 10.4 Å². The average molecular weight is 256 g/mol. The highest BCUT2D eigenvalue weighted by Crippen LogP contribution is 2.16. The van der Waals surface area contributed by atoms with Crippen LogP contribution in [0.15, 0.2) is 30.3 Å². The monoisotopic (exact) mass is 256 g/mol. The molecule has 0 aliphatic carbocycles. The number of nitriles is 1. The molecule has 1 aliphatic rings. The lowest BCUT2D eigenvalue weighted by molar-refractivity contribution is -0.125. The second-order valence-corrected chi connectivity index (χ2v) is 4.69. The Kier molecular flexibility index (Phi) is 4.32. The van der Waals surface area contributed by atoms with Crippen molar-refractivity contribution in [1.29, 1.82) is 5.26 Å². The highest BCUT2D eigenvalue weighted by molar-refractivity contribution is 5.91. The lowest BCUT2D eigenvalue weighted by atomic mass is 10.1. The van der Waals surface area contributed by atoms with E-state index in [-0.39, 0.29) is 18.4 Å². The summed E-state index contributed by atoms with van der Waals surface area (Å²) in [4.78, 5) is 13.7. The van der Waals surface area contributed by atoms with Crippen LogP contribution < -0.4 is 0 Å². The lowest BCUT2D eigenvalue weighted by Gasteiger charge is -2.13. The maximum atomic E-state index is 11.9. The smallest absolute Gasteiger partial charge is 0.246 e. The van der Waals surface area contributed by atoms with E-state index in [2.05, 4.69) is 6.07 Å². The SMILES string of the molecule is N#Cc1ccc(C=CC(=O)N2CCC(CO)C2)cc1. The first-order chi connectivity index (χ1) is 9.22. The third-order valence-corrected chi connectivity index (χ3v) is 3.31. The summed E-state index contributed by atoms with van der Waals surface area (Å²) in [5.74, 6) is 0.188. The first-order valence-electron chi connectivity index (χ1n) is 6.31. The zero-order valence-corrected chi connectivity index (χ0v) is 10.6. The largest absolute Gasteiger partial charge is 0.396 e. The Morgan fingerprint density at radius 1 is 1.47 bits per heavy atom. The molecule has 0 radical (unpaired) electrons. The van der Waals surface area contributed by atoms with Crippen molar-refractivity contribution >= 4 is 12.0 Å². The second-order valence-electron chi connectivity index (χ2n) is 4.69. The number of amides is 1. The van der Waals surface area contributed by atoms with E-state index >= 15 is 0 Å². The fourth-order valence-corrected chi connectivity index (χ4v) is 2.12. The normalized spacial score (nSPS) is 18.7. The molecule has 1 atom stereocenters. The summed E-state index contributed by atoms with van der Waals surface area (Å²) in [5, 5.41) is 17.7. The van der Waals surface area contributed by atoms with E-state index in [1.54, 1.807) is 29.2 Å². The van der Waals surface area contributed by atoms with Gasteiger partial charge in [-0.25, -0.2) is 0 Å². The standard InChI is InChI=1S/C15H16N2O2/c16-9-13-3-1-12(2-4-13)5-6-15(19)17-8-7-14(10-17)11-18/h1-6,14,18H,7-8,10-11H2. The summed E-state index contributed by atoms with van der Waals surface area (Å²) in [6.45, 7) is 1.48. The maximum Gasteiger partial charge on any atom is 0.246 e. The minimum Gasteiger partial charge on any atom is -0.396 e. The van der Waals surface area contributed by atoms with Gasteiger partial charge in [-0.05, 0) is 30.2 Å². The summed E-state index contributed by atoms with van der Waals surface area (Å²) in [6.07, 6.45) is 4.16. The summed E-state index contributed by atoms with van der Waals surface area (Å²) in [7, 11) is 0. The number of carbonyl (C=O) groups excluding carboxylic acids is 1. The van der Waals surface area contributed by atoms with Gasteiger partial charge in [0.25, 0.3) is 0 Å². The van der Waals surface area contributed by atoms with Crippen molar-refractivity contribution in [2.75, 3.05) is 19.7 Å². The van der Waals surface area contributed by atoms with E-state index < -0.39 is 0 Å². The molecule has 98 valence electrons. The van der Waals surface area contributed by atoms with Crippen LogP contribution in [0.4, 0.5) is 0 Å². The fourth-order valence-electron chi connectivity index (χ4n) is 2.12. The van der Waals surface area contributed by atoms with Crippen molar-refractivity contribution in [3.05, 3.63) is 41.5 Å². The van der Waals surface area contributed by atoms with Crippen LogP contribution in [0.1, 0.15) is 17.5 Å². The number of nitrogens with zero attached hydrogens (tertiary/aromatic N) is 2. The van der Waals surface area contributed by atoms with Gasteiger partial charge in [-0.1, -0.05) is 12.1 Å². The molecular weight excluding hydrogens is 240 g/mol. The van der Waals surface area contributed by atoms with Gasteiger partial charge in [0.15, 0.2) is 0 Å². The molecule has 1 unspecified atom stereocenters. The van der Waals surface area contributed by atoms with Crippen molar-refractivity contribution in [3.8, 4) is 6.07 Å². The van der Waals surface area contributed by atoms with Gasteiger partial charge in [-0.3, -0.25) is 4.79 Å². The summed E-state index contributed by atoms with van der Waals surface area (Å²) in [5.41, 5.74) is 1.50. The van der Waals surface area contributed by atoms with Gasteiger partial charge in [-0.15, -0.1) is 0 Å². The van der Waals surface area contributed by atoms with Crippen LogP contribution in [0.5, 0.6) is 0 Å². The van der Waals surface area contributed by atoms with E-state index in [9.17, 15) is 4.79 Å². The highest BCUT2D eigenvalue weighted by atomic mass is 16.3. The van der Waals surface area contributed by atoms with Crippen molar-refractivity contribution < 1.29 is 9.90 Å². The van der Waals surface area contributed by atoms with Crippen molar-refractivity contribution in [1.82, 2.24) is 4.90 Å². The molecule has 1 amide bonds. The van der Waals surface area contributed by atoms with E-state index in [1.165, 1.54) is 0 Å². The van der Waals surface area contributed by atoms with E-state index in [0.29, 0.717) is 18.7 Å². The van der Waals surface area contributed by atoms with E-state index in [1.807, 2.05) is 12.1 Å². The predicted molar refractivity (Wildman–Crippen MR) is 72.0 cm³/mol. The quantitative estimate of drug-likeness (QED) is 0.832. The molecule has 19 heavy (non-hydrogen) atoms. The first kappa shape index (κ1) is 13.3. The number of rotatable bonds is 3. The van der Waals surface area contributed by atoms with Crippen LogP contribution in [-0.2, 0) is 4.79 Å². The van der Waals surface area contributed by atoms with Gasteiger partial charge in [0, 0.05) is 31.7 Å². The predicted octanol–water partition coefficient (Wildman–Crippen LogP) is 1.41. The van der Waals surface area contributed by atoms with Crippen LogP contribution in [0.3, 0.4) is 0 Å². The fraction of sp³-hybridized carbons (Fsp3) is 0.333. The molecule has 0 bridgehead atoms. The minimum absolute atomic E-state index is 0.0275. The summed E-state index contributed by atoms with van der Waals surface area (Å²) >= 11 is 0. The Morgan fingerprint density at radius 2 is 2.21 bits per heavy atom. The third-order valence-electron chi connectivity index (χ3n) is 3.31. The molecule has 4 heteroatoms. The first-order valence-corrected chi connectivity index (χ1v) is 6.31. The number of carbonyl (C=O) groups is 1. The molecule has 1 fully saturated rings. The third kappa shape index (κ3) is 3.43. The molecule has 1 aromatic rings. The molecule has 2 rings (SSSR count). The molecule has 0 aromatic heterocycles. The molecule has 1 heterocycles.